The molecule has 4 rings (SSSR count). The summed E-state index contributed by atoms with van der Waals surface area (Å²) in [6.45, 7) is 2.38. The maximum atomic E-state index is 10.9. The summed E-state index contributed by atoms with van der Waals surface area (Å²) in [5, 5.41) is 21.9. The largest absolute Gasteiger partial charge is 0.388 e. The van der Waals surface area contributed by atoms with Crippen molar-refractivity contribution in [3.63, 3.8) is 0 Å². The zero-order chi connectivity index (χ0) is 15.0. The van der Waals surface area contributed by atoms with E-state index in [0.717, 1.165) is 50.3 Å². The van der Waals surface area contributed by atoms with Gasteiger partial charge in [-0.15, -0.1) is 0 Å². The molecular formula is C15H21N5O2. The fourth-order valence-corrected chi connectivity index (χ4v) is 3.23. The zero-order valence-corrected chi connectivity index (χ0v) is 12.5. The smallest absolute Gasteiger partial charge is 0.229 e. The molecule has 0 aromatic carbocycles. The van der Waals surface area contributed by atoms with Crippen LogP contribution in [0.25, 0.3) is 0 Å². The van der Waals surface area contributed by atoms with Gasteiger partial charge >= 0.3 is 0 Å². The highest BCUT2D eigenvalue weighted by Gasteiger charge is 2.36. The molecule has 1 saturated heterocycles. The van der Waals surface area contributed by atoms with Crippen molar-refractivity contribution in [2.45, 2.75) is 50.2 Å². The number of β-amino-alcohol motifs (C(OH)–C–C–N with tert-alkyl or cyclic N) is 1. The normalized spacial score (nSPS) is 26.4. The van der Waals surface area contributed by atoms with Crippen LogP contribution in [-0.2, 0) is 13.0 Å². The average Bonchev–Trinajstić information content (AvgIpc) is 3.02. The minimum atomic E-state index is -0.786. The zero-order valence-electron chi connectivity index (χ0n) is 12.5. The molecule has 0 amide bonds. The molecule has 1 aliphatic heterocycles. The number of aliphatic hydroxyl groups is 1. The lowest BCUT2D eigenvalue weighted by molar-refractivity contribution is -0.0376. The standard InChI is InChI=1S/C15H21N5O2/c21-15(8-13-17-14(19-22-13)11-2-3-11)5-1-7-20(10-15)9-12-4-6-16-18-12/h4,6,11,21H,1-3,5,7-10H2,(H,16,18). The van der Waals surface area contributed by atoms with E-state index < -0.39 is 5.60 Å². The molecule has 2 N–H and O–H groups in total. The SMILES string of the molecule is OC1(Cc2nc(C3CC3)no2)CCCN(Cc2ccn[nH]2)C1. The number of hydrogen-bond acceptors (Lipinski definition) is 6. The Labute approximate surface area is 128 Å². The molecular weight excluding hydrogens is 282 g/mol. The Balaban J connectivity index is 1.40. The van der Waals surface area contributed by atoms with Gasteiger partial charge in [-0.05, 0) is 38.3 Å². The molecule has 3 heterocycles. The summed E-state index contributed by atoms with van der Waals surface area (Å²) in [6, 6.07) is 1.97. The first kappa shape index (κ1) is 13.9. The third-order valence-electron chi connectivity index (χ3n) is 4.49. The molecule has 1 atom stereocenters. The van der Waals surface area contributed by atoms with Crippen LogP contribution in [0.4, 0.5) is 0 Å². The first-order chi connectivity index (χ1) is 10.7. The first-order valence-corrected chi connectivity index (χ1v) is 7.96. The molecule has 2 fully saturated rings. The molecule has 118 valence electrons. The van der Waals surface area contributed by atoms with Crippen molar-refractivity contribution in [2.75, 3.05) is 13.1 Å². The number of nitrogens with one attached hydrogen (secondary N) is 1. The first-order valence-electron chi connectivity index (χ1n) is 7.96. The van der Waals surface area contributed by atoms with Crippen molar-refractivity contribution in [2.24, 2.45) is 0 Å². The summed E-state index contributed by atoms with van der Waals surface area (Å²) in [6.07, 6.45) is 6.24. The van der Waals surface area contributed by atoms with Gasteiger partial charge < -0.3 is 9.63 Å². The fraction of sp³-hybridized carbons (Fsp3) is 0.667. The van der Waals surface area contributed by atoms with Crippen molar-refractivity contribution in [1.82, 2.24) is 25.2 Å². The maximum absolute atomic E-state index is 10.9. The Morgan fingerprint density at radius 1 is 1.45 bits per heavy atom. The van der Waals surface area contributed by atoms with E-state index in [9.17, 15) is 5.11 Å². The predicted octanol–water partition coefficient (Wildman–Crippen LogP) is 1.24. The molecule has 2 aromatic heterocycles. The van der Waals surface area contributed by atoms with Crippen molar-refractivity contribution in [3.8, 4) is 0 Å². The predicted molar refractivity (Wildman–Crippen MR) is 78.0 cm³/mol. The molecule has 0 bridgehead atoms. The van der Waals surface area contributed by atoms with E-state index in [1.807, 2.05) is 6.07 Å². The van der Waals surface area contributed by atoms with Gasteiger partial charge in [0.1, 0.15) is 0 Å². The van der Waals surface area contributed by atoms with E-state index in [2.05, 4.69) is 25.2 Å². The summed E-state index contributed by atoms with van der Waals surface area (Å²) in [4.78, 5) is 6.69. The summed E-state index contributed by atoms with van der Waals surface area (Å²) in [5.74, 6) is 1.85. The van der Waals surface area contributed by atoms with E-state index in [4.69, 9.17) is 4.52 Å². The summed E-state index contributed by atoms with van der Waals surface area (Å²) >= 11 is 0. The van der Waals surface area contributed by atoms with Crippen LogP contribution >= 0.6 is 0 Å². The summed E-state index contributed by atoms with van der Waals surface area (Å²) in [7, 11) is 0. The highest BCUT2D eigenvalue weighted by Crippen LogP contribution is 2.38. The number of hydrogen-bond donors (Lipinski definition) is 2. The van der Waals surface area contributed by atoms with Crippen molar-refractivity contribution in [1.29, 1.82) is 0 Å². The number of aromatic amines is 1. The van der Waals surface area contributed by atoms with Gasteiger partial charge in [0.05, 0.1) is 12.0 Å². The molecule has 7 nitrogen and oxygen atoms in total. The van der Waals surface area contributed by atoms with Crippen LogP contribution in [0.1, 0.15) is 49.0 Å². The van der Waals surface area contributed by atoms with Crippen LogP contribution in [-0.4, -0.2) is 49.0 Å². The van der Waals surface area contributed by atoms with Crippen LogP contribution < -0.4 is 0 Å². The second-order valence-electron chi connectivity index (χ2n) is 6.62. The number of likely N-dealkylation sites (tertiary alicyclic amines) is 1. The molecule has 2 aliphatic rings. The quantitative estimate of drug-likeness (QED) is 0.863. The number of rotatable bonds is 5. The maximum Gasteiger partial charge on any atom is 0.229 e. The Morgan fingerprint density at radius 2 is 2.36 bits per heavy atom. The third kappa shape index (κ3) is 3.05. The van der Waals surface area contributed by atoms with Gasteiger partial charge in [-0.2, -0.15) is 10.1 Å². The van der Waals surface area contributed by atoms with Crippen LogP contribution in [0.15, 0.2) is 16.8 Å². The molecule has 7 heteroatoms. The van der Waals surface area contributed by atoms with Crippen LogP contribution in [0, 0.1) is 0 Å². The molecule has 0 spiro atoms. The summed E-state index contributed by atoms with van der Waals surface area (Å²) < 4.78 is 5.32. The topological polar surface area (TPSA) is 91.1 Å². The second-order valence-corrected chi connectivity index (χ2v) is 6.62. The van der Waals surface area contributed by atoms with Crippen LogP contribution in [0.2, 0.25) is 0 Å². The Morgan fingerprint density at radius 3 is 3.14 bits per heavy atom. The molecule has 1 unspecified atom stereocenters. The fourth-order valence-electron chi connectivity index (χ4n) is 3.23. The molecule has 2 aromatic rings. The average molecular weight is 303 g/mol. The van der Waals surface area contributed by atoms with Crippen LogP contribution in [0.3, 0.4) is 0 Å². The van der Waals surface area contributed by atoms with Crippen LogP contribution in [0.5, 0.6) is 0 Å². The van der Waals surface area contributed by atoms with Crippen molar-refractivity contribution in [3.05, 3.63) is 29.7 Å². The van der Waals surface area contributed by atoms with Gasteiger partial charge in [0.25, 0.3) is 0 Å². The van der Waals surface area contributed by atoms with E-state index in [-0.39, 0.29) is 0 Å². The van der Waals surface area contributed by atoms with Gasteiger partial charge in [-0.25, -0.2) is 0 Å². The number of aromatic nitrogens is 4. The van der Waals surface area contributed by atoms with Gasteiger partial charge in [0.15, 0.2) is 5.82 Å². The molecule has 0 radical (unpaired) electrons. The highest BCUT2D eigenvalue weighted by atomic mass is 16.5. The monoisotopic (exact) mass is 303 g/mol. The van der Waals surface area contributed by atoms with E-state index in [1.165, 1.54) is 0 Å². The Hall–Kier alpha value is -1.73. The van der Waals surface area contributed by atoms with Crippen molar-refractivity contribution >= 4 is 0 Å². The van der Waals surface area contributed by atoms with Gasteiger partial charge in [-0.3, -0.25) is 10.00 Å². The third-order valence-corrected chi connectivity index (χ3v) is 4.49. The minimum absolute atomic E-state index is 0.437. The Kier molecular flexibility index (Phi) is 3.46. The Bertz CT molecular complexity index is 622. The second kappa shape index (κ2) is 5.48. The van der Waals surface area contributed by atoms with E-state index in [0.29, 0.717) is 24.8 Å². The molecule has 22 heavy (non-hydrogen) atoms. The lowest BCUT2D eigenvalue weighted by atomic mass is 9.89. The number of nitrogens with zero attached hydrogens (tertiary/aromatic N) is 4. The molecule has 1 saturated carbocycles. The summed E-state index contributed by atoms with van der Waals surface area (Å²) in [5.41, 5.74) is 0.282. The highest BCUT2D eigenvalue weighted by molar-refractivity contribution is 5.05. The lowest BCUT2D eigenvalue weighted by Crippen LogP contribution is -2.49. The van der Waals surface area contributed by atoms with E-state index >= 15 is 0 Å². The molecule has 1 aliphatic carbocycles. The lowest BCUT2D eigenvalue weighted by Gasteiger charge is -2.38. The minimum Gasteiger partial charge on any atom is -0.388 e. The van der Waals surface area contributed by atoms with Gasteiger partial charge in [0.2, 0.25) is 5.89 Å². The number of H-pyrrole nitrogens is 1. The van der Waals surface area contributed by atoms with E-state index in [1.54, 1.807) is 6.20 Å². The van der Waals surface area contributed by atoms with Gasteiger partial charge in [-0.1, -0.05) is 5.16 Å². The number of piperidine rings is 1. The van der Waals surface area contributed by atoms with Gasteiger partial charge in [0, 0.05) is 30.9 Å². The van der Waals surface area contributed by atoms with Crippen molar-refractivity contribution < 1.29 is 9.63 Å².